The van der Waals surface area contributed by atoms with Crippen LogP contribution in [-0.2, 0) is 0 Å². The van der Waals surface area contributed by atoms with Gasteiger partial charge >= 0.3 is 6.01 Å². The molecule has 4 aromatic rings. The van der Waals surface area contributed by atoms with Gasteiger partial charge in [-0.15, -0.1) is 0 Å². The highest BCUT2D eigenvalue weighted by molar-refractivity contribution is 6.11. The monoisotopic (exact) mass is 407 g/mol. The maximum absolute atomic E-state index is 13.5. The topological polar surface area (TPSA) is 131 Å². The molecule has 0 spiro atoms. The number of anilines is 2. The molecule has 11 heteroatoms. The second-order valence-corrected chi connectivity index (χ2v) is 7.63. The summed E-state index contributed by atoms with van der Waals surface area (Å²) in [7, 11) is 1.79. The van der Waals surface area contributed by atoms with Crippen LogP contribution < -0.4 is 20.7 Å². The number of aromatic amines is 1. The van der Waals surface area contributed by atoms with Gasteiger partial charge in [0.25, 0.3) is 0 Å². The smallest absolute Gasteiger partial charge is 0.326 e. The Kier molecular flexibility index (Phi) is 3.57. The molecule has 4 aromatic heterocycles. The van der Waals surface area contributed by atoms with Gasteiger partial charge in [0.1, 0.15) is 34.6 Å². The third-order valence-electron chi connectivity index (χ3n) is 5.88. The number of ether oxygens (including phenoxy) is 1. The van der Waals surface area contributed by atoms with E-state index in [0.29, 0.717) is 29.1 Å². The first-order valence-corrected chi connectivity index (χ1v) is 9.63. The summed E-state index contributed by atoms with van der Waals surface area (Å²) in [6.45, 7) is 1.63. The summed E-state index contributed by atoms with van der Waals surface area (Å²) in [6, 6.07) is 1.59. The van der Waals surface area contributed by atoms with Crippen molar-refractivity contribution in [2.75, 3.05) is 30.4 Å². The molecule has 0 radical (unpaired) electrons. The molecule has 2 atom stereocenters. The highest BCUT2D eigenvalue weighted by Crippen LogP contribution is 2.47. The van der Waals surface area contributed by atoms with E-state index in [1.165, 1.54) is 18.6 Å². The molecule has 10 nitrogen and oxygen atoms in total. The lowest BCUT2D eigenvalue weighted by atomic mass is 10.2. The SMILES string of the molecule is CNc1ncnc2c1[nH]c1nc(Oc3cncc(F)c3)nc(N3CC4C(N)C4C3)c12. The fraction of sp³-hybridized carbons (Fsp3) is 0.316. The molecule has 2 unspecified atom stereocenters. The summed E-state index contributed by atoms with van der Waals surface area (Å²) in [5.74, 6) is 2.04. The maximum atomic E-state index is 13.5. The second kappa shape index (κ2) is 6.20. The number of pyridine rings is 1. The molecule has 1 saturated carbocycles. The number of hydrogen-bond acceptors (Lipinski definition) is 9. The first-order chi connectivity index (χ1) is 14.6. The number of nitrogens with one attached hydrogen (secondary N) is 2. The van der Waals surface area contributed by atoms with E-state index in [4.69, 9.17) is 10.5 Å². The van der Waals surface area contributed by atoms with Crippen LogP contribution in [0.3, 0.4) is 0 Å². The molecule has 0 bridgehead atoms. The van der Waals surface area contributed by atoms with Crippen LogP contribution in [0.5, 0.6) is 11.8 Å². The lowest BCUT2D eigenvalue weighted by molar-refractivity contribution is 0.437. The van der Waals surface area contributed by atoms with Crippen LogP contribution in [0.2, 0.25) is 0 Å². The van der Waals surface area contributed by atoms with Crippen molar-refractivity contribution in [3.8, 4) is 11.8 Å². The number of piperidine rings is 1. The van der Waals surface area contributed by atoms with Crippen molar-refractivity contribution in [1.82, 2.24) is 29.9 Å². The molecule has 5 heterocycles. The molecule has 2 aliphatic rings. The first kappa shape index (κ1) is 17.3. The summed E-state index contributed by atoms with van der Waals surface area (Å²) in [5.41, 5.74) is 8.14. The van der Waals surface area contributed by atoms with E-state index in [1.807, 2.05) is 0 Å². The van der Waals surface area contributed by atoms with E-state index >= 15 is 0 Å². The number of H-pyrrole nitrogens is 1. The third-order valence-corrected chi connectivity index (χ3v) is 5.88. The number of hydrogen-bond donors (Lipinski definition) is 3. The molecular weight excluding hydrogens is 389 g/mol. The predicted molar refractivity (Wildman–Crippen MR) is 108 cm³/mol. The number of halogens is 1. The third kappa shape index (κ3) is 2.55. The fourth-order valence-electron chi connectivity index (χ4n) is 4.31. The Labute approximate surface area is 169 Å². The summed E-state index contributed by atoms with van der Waals surface area (Å²) in [5, 5.41) is 3.85. The molecule has 152 valence electrons. The molecular formula is C19H18FN9O. The van der Waals surface area contributed by atoms with Crippen molar-refractivity contribution in [1.29, 1.82) is 0 Å². The van der Waals surface area contributed by atoms with Gasteiger partial charge in [-0.3, -0.25) is 4.98 Å². The average Bonchev–Trinajstić information content (AvgIpc) is 3.11. The molecule has 6 rings (SSSR count). The van der Waals surface area contributed by atoms with Gasteiger partial charge in [0.2, 0.25) is 0 Å². The van der Waals surface area contributed by atoms with Crippen molar-refractivity contribution in [2.24, 2.45) is 17.6 Å². The molecule has 30 heavy (non-hydrogen) atoms. The Balaban J connectivity index is 1.52. The van der Waals surface area contributed by atoms with Crippen LogP contribution in [0.1, 0.15) is 0 Å². The number of fused-ring (bicyclic) bond motifs is 4. The number of nitrogens with two attached hydrogens (primary N) is 1. The van der Waals surface area contributed by atoms with Crippen LogP contribution in [0, 0.1) is 17.7 Å². The zero-order valence-electron chi connectivity index (χ0n) is 16.0. The van der Waals surface area contributed by atoms with Gasteiger partial charge < -0.3 is 25.7 Å². The van der Waals surface area contributed by atoms with E-state index in [-0.39, 0.29) is 17.8 Å². The Morgan fingerprint density at radius 2 is 2.07 bits per heavy atom. The quantitative estimate of drug-likeness (QED) is 0.462. The summed E-state index contributed by atoms with van der Waals surface area (Å²) in [4.78, 5) is 27.2. The Bertz CT molecular complexity index is 1280. The molecule has 2 fully saturated rings. The van der Waals surface area contributed by atoms with Crippen molar-refractivity contribution in [3.63, 3.8) is 0 Å². The van der Waals surface area contributed by atoms with Crippen LogP contribution >= 0.6 is 0 Å². The summed E-state index contributed by atoms with van der Waals surface area (Å²) < 4.78 is 19.3. The van der Waals surface area contributed by atoms with E-state index < -0.39 is 5.82 Å². The van der Waals surface area contributed by atoms with E-state index in [0.717, 1.165) is 35.7 Å². The second-order valence-electron chi connectivity index (χ2n) is 7.63. The van der Waals surface area contributed by atoms with Crippen molar-refractivity contribution in [2.45, 2.75) is 6.04 Å². The van der Waals surface area contributed by atoms with Crippen molar-refractivity contribution >= 4 is 33.7 Å². The van der Waals surface area contributed by atoms with Gasteiger partial charge in [0, 0.05) is 32.2 Å². The van der Waals surface area contributed by atoms with E-state index in [2.05, 4.69) is 40.1 Å². The Hall–Kier alpha value is -3.60. The minimum atomic E-state index is -0.498. The van der Waals surface area contributed by atoms with Gasteiger partial charge in [-0.25, -0.2) is 14.4 Å². The van der Waals surface area contributed by atoms with Crippen molar-refractivity contribution in [3.05, 3.63) is 30.6 Å². The highest BCUT2D eigenvalue weighted by Gasteiger charge is 2.54. The number of aromatic nitrogens is 6. The molecule has 0 aromatic carbocycles. The molecule has 1 aliphatic carbocycles. The standard InChI is InChI=1S/C19H18FN9O/c1-22-17-15-14(24-7-25-17)12-16(26-15)27-19(30-9-2-8(20)3-23-4-9)28-18(12)29-5-10-11(6-29)13(10)21/h2-4,7,10-11,13H,5-6,21H2,1H3,(H,22,24,25)(H,26,27,28). The predicted octanol–water partition coefficient (Wildman–Crippen LogP) is 1.66. The minimum absolute atomic E-state index is 0.0975. The zero-order valence-corrected chi connectivity index (χ0v) is 16.0. The minimum Gasteiger partial charge on any atom is -0.422 e. The molecule has 1 aliphatic heterocycles. The van der Waals surface area contributed by atoms with Crippen LogP contribution in [0.25, 0.3) is 22.1 Å². The maximum Gasteiger partial charge on any atom is 0.326 e. The lowest BCUT2D eigenvalue weighted by Crippen LogP contribution is -2.29. The molecule has 0 amide bonds. The van der Waals surface area contributed by atoms with Gasteiger partial charge in [0.15, 0.2) is 11.6 Å². The van der Waals surface area contributed by atoms with Crippen molar-refractivity contribution < 1.29 is 9.13 Å². The van der Waals surface area contributed by atoms with Crippen LogP contribution in [-0.4, -0.2) is 56.1 Å². The fourth-order valence-corrected chi connectivity index (χ4v) is 4.31. The van der Waals surface area contributed by atoms with Crippen LogP contribution in [0.15, 0.2) is 24.8 Å². The normalized spacial score (nSPS) is 22.5. The average molecular weight is 407 g/mol. The first-order valence-electron chi connectivity index (χ1n) is 9.63. The van der Waals surface area contributed by atoms with E-state index in [9.17, 15) is 4.39 Å². The van der Waals surface area contributed by atoms with Gasteiger partial charge in [-0.05, 0) is 11.8 Å². The summed E-state index contributed by atoms with van der Waals surface area (Å²) in [6.07, 6.45) is 4.03. The Morgan fingerprint density at radius 3 is 2.83 bits per heavy atom. The summed E-state index contributed by atoms with van der Waals surface area (Å²) >= 11 is 0. The van der Waals surface area contributed by atoms with E-state index in [1.54, 1.807) is 7.05 Å². The Morgan fingerprint density at radius 1 is 1.23 bits per heavy atom. The number of rotatable bonds is 4. The number of nitrogens with zero attached hydrogens (tertiary/aromatic N) is 6. The lowest BCUT2D eigenvalue weighted by Gasteiger charge is -2.21. The zero-order chi connectivity index (χ0) is 20.4. The van der Waals surface area contributed by atoms with Crippen LogP contribution in [0.4, 0.5) is 16.0 Å². The molecule has 1 saturated heterocycles. The van der Waals surface area contributed by atoms with Gasteiger partial charge in [-0.1, -0.05) is 0 Å². The largest absolute Gasteiger partial charge is 0.422 e. The van der Waals surface area contributed by atoms with Gasteiger partial charge in [0.05, 0.1) is 17.8 Å². The molecule has 4 N–H and O–H groups in total. The van der Waals surface area contributed by atoms with Gasteiger partial charge in [-0.2, -0.15) is 9.97 Å². The highest BCUT2D eigenvalue weighted by atomic mass is 19.1.